The maximum absolute atomic E-state index is 6.12. The molecule has 2 aromatic carbocycles. The van der Waals surface area contributed by atoms with E-state index in [4.69, 9.17) is 16.3 Å². The molecule has 0 bridgehead atoms. The lowest BCUT2D eigenvalue weighted by molar-refractivity contribution is 0.179. The van der Waals surface area contributed by atoms with Crippen molar-refractivity contribution in [2.45, 2.75) is 12.5 Å². The molecule has 0 aliphatic rings. The van der Waals surface area contributed by atoms with Crippen LogP contribution in [0.15, 0.2) is 54.6 Å². The lowest BCUT2D eigenvalue weighted by Gasteiger charge is -2.21. The van der Waals surface area contributed by atoms with Crippen LogP contribution in [0.3, 0.4) is 0 Å². The van der Waals surface area contributed by atoms with E-state index in [-0.39, 0.29) is 6.10 Å². The first-order chi connectivity index (χ1) is 9.65. The number of nitrogens with zero attached hydrogens (tertiary/aromatic N) is 1. The molecule has 0 saturated carbocycles. The summed E-state index contributed by atoms with van der Waals surface area (Å²) in [6.07, 6.45) is 0.999. The minimum atomic E-state index is 0.0553. The van der Waals surface area contributed by atoms with Crippen LogP contribution < -0.4 is 4.74 Å². The third-order valence-corrected chi connectivity index (χ3v) is 3.35. The average Bonchev–Trinajstić information content (AvgIpc) is 2.46. The molecule has 0 heterocycles. The molecule has 0 saturated heterocycles. The quantitative estimate of drug-likeness (QED) is 0.781. The van der Waals surface area contributed by atoms with Crippen molar-refractivity contribution in [1.82, 2.24) is 4.90 Å². The van der Waals surface area contributed by atoms with Crippen molar-refractivity contribution in [3.8, 4) is 5.75 Å². The summed E-state index contributed by atoms with van der Waals surface area (Å²) in [5.41, 5.74) is 1.20. The molecule has 2 rings (SSSR count). The Morgan fingerprint density at radius 1 is 1.00 bits per heavy atom. The summed E-state index contributed by atoms with van der Waals surface area (Å²) in [7, 11) is 4.15. The van der Waals surface area contributed by atoms with E-state index in [1.807, 2.05) is 42.5 Å². The highest BCUT2D eigenvalue weighted by Gasteiger charge is 2.13. The van der Waals surface area contributed by atoms with E-state index in [1.165, 1.54) is 5.56 Å². The van der Waals surface area contributed by atoms with E-state index in [9.17, 15) is 0 Å². The fourth-order valence-electron chi connectivity index (χ4n) is 2.01. The standard InChI is InChI=1S/C17H20ClNO/c1-19(2)13-12-17(14-6-4-3-5-7-14)20-16-10-8-15(18)9-11-16/h3-11,17H,12-13H2,1-2H3. The fourth-order valence-corrected chi connectivity index (χ4v) is 2.14. The van der Waals surface area contributed by atoms with Gasteiger partial charge in [0.25, 0.3) is 0 Å². The summed E-state index contributed by atoms with van der Waals surface area (Å²) in [6, 6.07) is 17.9. The van der Waals surface area contributed by atoms with Gasteiger partial charge < -0.3 is 9.64 Å². The summed E-state index contributed by atoms with van der Waals surface area (Å²) >= 11 is 5.91. The van der Waals surface area contributed by atoms with Crippen molar-refractivity contribution in [1.29, 1.82) is 0 Å². The van der Waals surface area contributed by atoms with Crippen LogP contribution in [0.5, 0.6) is 5.75 Å². The third-order valence-electron chi connectivity index (χ3n) is 3.10. The molecule has 2 aromatic rings. The van der Waals surface area contributed by atoms with Crippen LogP contribution >= 0.6 is 11.6 Å². The van der Waals surface area contributed by atoms with Gasteiger partial charge in [-0.15, -0.1) is 0 Å². The minimum absolute atomic E-state index is 0.0553. The largest absolute Gasteiger partial charge is 0.486 e. The molecule has 1 unspecified atom stereocenters. The maximum Gasteiger partial charge on any atom is 0.125 e. The van der Waals surface area contributed by atoms with Crippen LogP contribution in [0.4, 0.5) is 0 Å². The highest BCUT2D eigenvalue weighted by Crippen LogP contribution is 2.26. The van der Waals surface area contributed by atoms with E-state index in [0.29, 0.717) is 0 Å². The molecule has 106 valence electrons. The van der Waals surface area contributed by atoms with Crippen molar-refractivity contribution in [3.05, 3.63) is 65.2 Å². The summed E-state index contributed by atoms with van der Waals surface area (Å²) < 4.78 is 6.12. The van der Waals surface area contributed by atoms with Gasteiger partial charge in [0.2, 0.25) is 0 Å². The number of ether oxygens (including phenoxy) is 1. The zero-order valence-corrected chi connectivity index (χ0v) is 12.7. The van der Waals surface area contributed by atoms with Crippen LogP contribution in [0, 0.1) is 0 Å². The normalized spacial score (nSPS) is 12.4. The van der Waals surface area contributed by atoms with Crippen LogP contribution in [0.2, 0.25) is 5.02 Å². The summed E-state index contributed by atoms with van der Waals surface area (Å²) in [5.74, 6) is 0.849. The number of rotatable bonds is 6. The first-order valence-electron chi connectivity index (χ1n) is 6.77. The van der Waals surface area contributed by atoms with Gasteiger partial charge in [-0.05, 0) is 43.9 Å². The number of benzene rings is 2. The van der Waals surface area contributed by atoms with Crippen LogP contribution in [0.1, 0.15) is 18.1 Å². The molecule has 0 spiro atoms. The highest BCUT2D eigenvalue weighted by atomic mass is 35.5. The zero-order chi connectivity index (χ0) is 14.4. The Hall–Kier alpha value is -1.51. The average molecular weight is 290 g/mol. The molecular weight excluding hydrogens is 270 g/mol. The molecule has 0 amide bonds. The predicted octanol–water partition coefficient (Wildman–Crippen LogP) is 4.41. The van der Waals surface area contributed by atoms with Crippen LogP contribution in [-0.4, -0.2) is 25.5 Å². The van der Waals surface area contributed by atoms with Gasteiger partial charge in [0, 0.05) is 18.0 Å². The van der Waals surface area contributed by atoms with Crippen molar-refractivity contribution in [2.24, 2.45) is 0 Å². The second-order valence-corrected chi connectivity index (χ2v) is 5.50. The Bertz CT molecular complexity index is 510. The van der Waals surface area contributed by atoms with E-state index < -0.39 is 0 Å². The number of hydrogen-bond acceptors (Lipinski definition) is 2. The molecule has 0 aliphatic heterocycles. The van der Waals surface area contributed by atoms with E-state index in [0.717, 1.165) is 23.7 Å². The van der Waals surface area contributed by atoms with Gasteiger partial charge in [-0.1, -0.05) is 41.9 Å². The van der Waals surface area contributed by atoms with E-state index in [2.05, 4.69) is 31.1 Å². The minimum Gasteiger partial charge on any atom is -0.486 e. The Kier molecular flexibility index (Phi) is 5.45. The highest BCUT2D eigenvalue weighted by molar-refractivity contribution is 6.30. The van der Waals surface area contributed by atoms with Gasteiger partial charge >= 0.3 is 0 Å². The lowest BCUT2D eigenvalue weighted by Crippen LogP contribution is -2.18. The molecule has 0 radical (unpaired) electrons. The Labute approximate surface area is 125 Å². The Balaban J connectivity index is 2.12. The monoisotopic (exact) mass is 289 g/mol. The smallest absolute Gasteiger partial charge is 0.125 e. The lowest BCUT2D eigenvalue weighted by atomic mass is 10.1. The van der Waals surface area contributed by atoms with E-state index >= 15 is 0 Å². The molecule has 0 aromatic heterocycles. The van der Waals surface area contributed by atoms with Gasteiger partial charge in [0.1, 0.15) is 11.9 Å². The Morgan fingerprint density at radius 2 is 1.65 bits per heavy atom. The van der Waals surface area contributed by atoms with Crippen LogP contribution in [0.25, 0.3) is 0 Å². The second kappa shape index (κ2) is 7.32. The van der Waals surface area contributed by atoms with Crippen molar-refractivity contribution in [3.63, 3.8) is 0 Å². The molecule has 2 nitrogen and oxygen atoms in total. The first-order valence-corrected chi connectivity index (χ1v) is 7.15. The van der Waals surface area contributed by atoms with Crippen molar-refractivity contribution in [2.75, 3.05) is 20.6 Å². The third kappa shape index (κ3) is 4.55. The molecule has 0 fully saturated rings. The summed E-state index contributed by atoms with van der Waals surface area (Å²) in [6.45, 7) is 0.979. The van der Waals surface area contributed by atoms with Gasteiger partial charge in [-0.3, -0.25) is 0 Å². The summed E-state index contributed by atoms with van der Waals surface area (Å²) in [4.78, 5) is 2.17. The number of hydrogen-bond donors (Lipinski definition) is 0. The second-order valence-electron chi connectivity index (χ2n) is 5.06. The fraction of sp³-hybridized carbons (Fsp3) is 0.294. The molecule has 1 atom stereocenters. The topological polar surface area (TPSA) is 12.5 Å². The molecule has 3 heteroatoms. The molecular formula is C17H20ClNO. The van der Waals surface area contributed by atoms with Gasteiger partial charge in [-0.2, -0.15) is 0 Å². The van der Waals surface area contributed by atoms with Crippen molar-refractivity contribution >= 4 is 11.6 Å². The first kappa shape index (κ1) is 14.9. The van der Waals surface area contributed by atoms with Gasteiger partial charge in [0.05, 0.1) is 0 Å². The molecule has 0 N–H and O–H groups in total. The van der Waals surface area contributed by atoms with E-state index in [1.54, 1.807) is 0 Å². The van der Waals surface area contributed by atoms with Gasteiger partial charge in [-0.25, -0.2) is 0 Å². The number of halogens is 1. The van der Waals surface area contributed by atoms with Crippen molar-refractivity contribution < 1.29 is 4.74 Å². The Morgan fingerprint density at radius 3 is 2.25 bits per heavy atom. The maximum atomic E-state index is 6.12. The zero-order valence-electron chi connectivity index (χ0n) is 11.9. The summed E-state index contributed by atoms with van der Waals surface area (Å²) in [5, 5.41) is 0.724. The van der Waals surface area contributed by atoms with Crippen LogP contribution in [-0.2, 0) is 0 Å². The SMILES string of the molecule is CN(C)CCC(Oc1ccc(Cl)cc1)c1ccccc1. The molecule has 20 heavy (non-hydrogen) atoms. The predicted molar refractivity (Wildman–Crippen MR) is 84.4 cm³/mol. The molecule has 0 aliphatic carbocycles. The van der Waals surface area contributed by atoms with Gasteiger partial charge in [0.15, 0.2) is 0 Å².